The molecule has 0 atom stereocenters. The summed E-state index contributed by atoms with van der Waals surface area (Å²) in [5.41, 5.74) is 0.0794. The van der Waals surface area contributed by atoms with Gasteiger partial charge in [0.15, 0.2) is 6.29 Å². The van der Waals surface area contributed by atoms with Crippen molar-refractivity contribution in [1.82, 2.24) is 5.32 Å². The molecule has 0 aliphatic rings. The predicted molar refractivity (Wildman–Crippen MR) is 81.9 cm³/mol. The van der Waals surface area contributed by atoms with Crippen LogP contribution >= 0.6 is 0 Å². The molecule has 2 N–H and O–H groups in total. The number of phenols is 1. The Bertz CT molecular complexity index is 653. The highest BCUT2D eigenvalue weighted by molar-refractivity contribution is 6.01. The van der Waals surface area contributed by atoms with Crippen molar-refractivity contribution in [3.63, 3.8) is 0 Å². The summed E-state index contributed by atoms with van der Waals surface area (Å²) in [6.07, 6.45) is 0.603. The van der Waals surface area contributed by atoms with Crippen molar-refractivity contribution in [3.05, 3.63) is 46.0 Å². The molecule has 2 aromatic rings. The number of hydrogen-bond acceptors (Lipinski definition) is 5. The Hall–Kier alpha value is -2.47. The molecule has 0 bridgehead atoms. The third kappa shape index (κ3) is 4.25. The molecule has 6 nitrogen and oxygen atoms in total. The van der Waals surface area contributed by atoms with Crippen molar-refractivity contribution in [2.45, 2.75) is 19.9 Å². The number of aromatic hydroxyl groups is 1. The van der Waals surface area contributed by atoms with Gasteiger partial charge in [-0.15, -0.1) is 0 Å². The lowest BCUT2D eigenvalue weighted by molar-refractivity contribution is -0.384. The molecule has 0 saturated carbocycles. The molecule has 0 spiro atoms. The van der Waals surface area contributed by atoms with E-state index in [-0.39, 0.29) is 11.4 Å². The van der Waals surface area contributed by atoms with Crippen molar-refractivity contribution < 1.29 is 14.8 Å². The lowest BCUT2D eigenvalue weighted by atomic mass is 10.0. The minimum Gasteiger partial charge on any atom is -0.507 e. The molecule has 0 radical (unpaired) electrons. The zero-order chi connectivity index (χ0) is 16.0. The summed E-state index contributed by atoms with van der Waals surface area (Å²) in [5.74, 6) is -0.201. The number of rotatable bonds is 3. The SMILES string of the molecule is CNC(C)C.O=Cc1cccc2c(O)cc([N+](=O)[O-])cc12. The average Bonchev–Trinajstić information content (AvgIpc) is 2.47. The first-order valence-electron chi connectivity index (χ1n) is 6.43. The fourth-order valence-corrected chi connectivity index (χ4v) is 1.58. The van der Waals surface area contributed by atoms with Gasteiger partial charge in [-0.2, -0.15) is 0 Å². The van der Waals surface area contributed by atoms with E-state index in [2.05, 4.69) is 19.2 Å². The molecular weight excluding hydrogens is 272 g/mol. The van der Waals surface area contributed by atoms with Crippen molar-refractivity contribution in [1.29, 1.82) is 0 Å². The third-order valence-corrected chi connectivity index (χ3v) is 2.91. The van der Waals surface area contributed by atoms with E-state index in [1.807, 2.05) is 7.05 Å². The first-order valence-corrected chi connectivity index (χ1v) is 6.43. The number of nitro benzene ring substituents is 1. The normalized spacial score (nSPS) is 10.1. The number of benzene rings is 2. The number of carbonyl (C=O) groups is 1. The summed E-state index contributed by atoms with van der Waals surface area (Å²) >= 11 is 0. The molecule has 0 aliphatic carbocycles. The van der Waals surface area contributed by atoms with Crippen LogP contribution < -0.4 is 5.32 Å². The van der Waals surface area contributed by atoms with Crippen LogP contribution in [-0.2, 0) is 0 Å². The fourth-order valence-electron chi connectivity index (χ4n) is 1.58. The molecule has 0 heterocycles. The van der Waals surface area contributed by atoms with Crippen LogP contribution in [0.5, 0.6) is 5.75 Å². The first kappa shape index (κ1) is 16.6. The number of nitro groups is 1. The highest BCUT2D eigenvalue weighted by atomic mass is 16.6. The standard InChI is InChI=1S/C11H7NO4.C4H11N/c13-6-7-2-1-3-9-10(7)4-8(12(15)16)5-11(9)14;1-4(2)5-3/h1-6,14H;4-5H,1-3H3. The number of carbonyl (C=O) groups excluding carboxylic acids is 1. The van der Waals surface area contributed by atoms with Gasteiger partial charge in [-0.05, 0) is 7.05 Å². The van der Waals surface area contributed by atoms with Crippen LogP contribution in [0.15, 0.2) is 30.3 Å². The summed E-state index contributed by atoms with van der Waals surface area (Å²) in [6.45, 7) is 4.22. The maximum absolute atomic E-state index is 10.8. The molecule has 0 saturated heterocycles. The van der Waals surface area contributed by atoms with Gasteiger partial charge in [0, 0.05) is 28.4 Å². The van der Waals surface area contributed by atoms with Crippen LogP contribution in [0.2, 0.25) is 0 Å². The molecule has 0 aliphatic heterocycles. The lowest BCUT2D eigenvalue weighted by Gasteiger charge is -2.03. The number of hydrogen-bond donors (Lipinski definition) is 2. The van der Waals surface area contributed by atoms with Crippen molar-refractivity contribution in [2.24, 2.45) is 0 Å². The molecule has 0 fully saturated rings. The maximum Gasteiger partial charge on any atom is 0.273 e. The third-order valence-electron chi connectivity index (χ3n) is 2.91. The lowest BCUT2D eigenvalue weighted by Crippen LogP contribution is -2.15. The van der Waals surface area contributed by atoms with Crippen LogP contribution in [0.4, 0.5) is 5.69 Å². The quantitative estimate of drug-likeness (QED) is 0.515. The highest BCUT2D eigenvalue weighted by Gasteiger charge is 2.12. The molecule has 0 aromatic heterocycles. The van der Waals surface area contributed by atoms with Crippen molar-refractivity contribution in [2.75, 3.05) is 7.05 Å². The van der Waals surface area contributed by atoms with Gasteiger partial charge in [0.05, 0.1) is 11.0 Å². The number of nitrogens with one attached hydrogen (secondary N) is 1. The second kappa shape index (κ2) is 7.35. The minimum atomic E-state index is -0.610. The second-order valence-electron chi connectivity index (χ2n) is 4.73. The Labute approximate surface area is 122 Å². The zero-order valence-electron chi connectivity index (χ0n) is 12.2. The van der Waals surface area contributed by atoms with E-state index in [4.69, 9.17) is 0 Å². The molecule has 21 heavy (non-hydrogen) atoms. The highest BCUT2D eigenvalue weighted by Crippen LogP contribution is 2.31. The number of non-ortho nitro benzene ring substituents is 1. The van der Waals surface area contributed by atoms with Crippen LogP contribution in [0.3, 0.4) is 0 Å². The van der Waals surface area contributed by atoms with Crippen molar-refractivity contribution >= 4 is 22.7 Å². The maximum atomic E-state index is 10.8. The number of nitrogens with zero attached hydrogens (tertiary/aromatic N) is 1. The van der Waals surface area contributed by atoms with Gasteiger partial charge in [0.2, 0.25) is 0 Å². The average molecular weight is 290 g/mol. The molecule has 2 rings (SSSR count). The van der Waals surface area contributed by atoms with Gasteiger partial charge >= 0.3 is 0 Å². The van der Waals surface area contributed by atoms with E-state index < -0.39 is 4.92 Å². The van der Waals surface area contributed by atoms with Gasteiger partial charge in [-0.25, -0.2) is 0 Å². The Morgan fingerprint density at radius 1 is 1.29 bits per heavy atom. The summed E-state index contributed by atoms with van der Waals surface area (Å²) < 4.78 is 0. The monoisotopic (exact) mass is 290 g/mol. The summed E-state index contributed by atoms with van der Waals surface area (Å²) in [5, 5.41) is 24.0. The van der Waals surface area contributed by atoms with Gasteiger partial charge in [-0.1, -0.05) is 32.0 Å². The van der Waals surface area contributed by atoms with E-state index >= 15 is 0 Å². The Kier molecular flexibility index (Phi) is 5.80. The van der Waals surface area contributed by atoms with Crippen LogP contribution in [-0.4, -0.2) is 29.4 Å². The molecule has 112 valence electrons. The molecule has 0 amide bonds. The smallest absolute Gasteiger partial charge is 0.273 e. The van der Waals surface area contributed by atoms with Crippen LogP contribution in [0.25, 0.3) is 10.8 Å². The Balaban J connectivity index is 0.000000383. The van der Waals surface area contributed by atoms with E-state index in [9.17, 15) is 20.0 Å². The zero-order valence-corrected chi connectivity index (χ0v) is 12.2. The Morgan fingerprint density at radius 3 is 2.38 bits per heavy atom. The van der Waals surface area contributed by atoms with E-state index in [1.165, 1.54) is 6.07 Å². The molecule has 6 heteroatoms. The molecular formula is C15H18N2O4. The fraction of sp³-hybridized carbons (Fsp3) is 0.267. The summed E-state index contributed by atoms with van der Waals surface area (Å²) in [7, 11) is 1.95. The van der Waals surface area contributed by atoms with E-state index in [0.29, 0.717) is 28.7 Å². The number of phenolic OH excluding ortho intramolecular Hbond substituents is 1. The first-order chi connectivity index (χ1) is 9.90. The van der Waals surface area contributed by atoms with E-state index in [0.717, 1.165) is 6.07 Å². The number of aldehydes is 1. The van der Waals surface area contributed by atoms with Crippen LogP contribution in [0, 0.1) is 10.1 Å². The van der Waals surface area contributed by atoms with Gasteiger partial charge in [0.25, 0.3) is 5.69 Å². The van der Waals surface area contributed by atoms with Gasteiger partial charge in [-0.3, -0.25) is 14.9 Å². The number of fused-ring (bicyclic) bond motifs is 1. The molecule has 0 unspecified atom stereocenters. The summed E-state index contributed by atoms with van der Waals surface area (Å²) in [6, 6.07) is 7.72. The second-order valence-corrected chi connectivity index (χ2v) is 4.73. The topological polar surface area (TPSA) is 92.5 Å². The van der Waals surface area contributed by atoms with Gasteiger partial charge in [0.1, 0.15) is 5.75 Å². The van der Waals surface area contributed by atoms with E-state index in [1.54, 1.807) is 18.2 Å². The Morgan fingerprint density at radius 2 is 1.90 bits per heavy atom. The predicted octanol–water partition coefficient (Wildman–Crippen LogP) is 2.88. The van der Waals surface area contributed by atoms with Crippen molar-refractivity contribution in [3.8, 4) is 5.75 Å². The molecule has 2 aromatic carbocycles. The minimum absolute atomic E-state index is 0.201. The van der Waals surface area contributed by atoms with Crippen LogP contribution in [0.1, 0.15) is 24.2 Å². The largest absolute Gasteiger partial charge is 0.507 e. The van der Waals surface area contributed by atoms with Gasteiger partial charge < -0.3 is 10.4 Å². The summed E-state index contributed by atoms with van der Waals surface area (Å²) in [4.78, 5) is 20.8.